The molecule has 1 aromatic heterocycles. The van der Waals surface area contributed by atoms with E-state index in [-0.39, 0.29) is 6.54 Å². The molecule has 0 saturated carbocycles. The Labute approximate surface area is 148 Å². The molecule has 0 aliphatic heterocycles. The lowest BCUT2D eigenvalue weighted by Crippen LogP contribution is -2.37. The molecular weight excluding hydrogens is 353 g/mol. The minimum Gasteiger partial charge on any atom is -0.467 e. The fourth-order valence-corrected chi connectivity index (χ4v) is 2.15. The van der Waals surface area contributed by atoms with Crippen LogP contribution in [0.1, 0.15) is 24.7 Å². The zero-order valence-corrected chi connectivity index (χ0v) is 14.3. The third-order valence-corrected chi connectivity index (χ3v) is 3.83. The first-order valence-electron chi connectivity index (χ1n) is 7.13. The van der Waals surface area contributed by atoms with E-state index in [1.54, 1.807) is 30.3 Å². The molecule has 0 fully saturated rings. The van der Waals surface area contributed by atoms with E-state index in [0.717, 1.165) is 0 Å². The first kappa shape index (κ1) is 18.0. The molecular formula is C16H15Cl2N3O3. The highest BCUT2D eigenvalue weighted by molar-refractivity contribution is 6.42. The molecule has 6 nitrogen and oxygen atoms in total. The van der Waals surface area contributed by atoms with E-state index >= 15 is 0 Å². The molecule has 0 saturated heterocycles. The van der Waals surface area contributed by atoms with Crippen molar-refractivity contribution in [2.24, 2.45) is 5.10 Å². The normalized spacial score (nSPS) is 11.2. The summed E-state index contributed by atoms with van der Waals surface area (Å²) in [6.45, 7) is 1.99. The van der Waals surface area contributed by atoms with Crippen LogP contribution in [-0.2, 0) is 16.1 Å². The summed E-state index contributed by atoms with van der Waals surface area (Å²) in [6.07, 6.45) is 2.02. The number of hydrogen-bond donors (Lipinski definition) is 2. The SMILES string of the molecule is CC/C(=N/NC(=O)C(=O)NCc1ccco1)c1ccc(Cl)c(Cl)c1. The van der Waals surface area contributed by atoms with Crippen molar-refractivity contribution in [1.82, 2.24) is 10.7 Å². The quantitative estimate of drug-likeness (QED) is 0.483. The summed E-state index contributed by atoms with van der Waals surface area (Å²) in [4.78, 5) is 23.5. The standard InChI is InChI=1S/C16H15Cl2N3O3/c1-2-14(10-5-6-12(17)13(18)8-10)20-21-16(23)15(22)19-9-11-4-3-7-24-11/h3-8H,2,9H2,1H3,(H,19,22)(H,21,23)/b20-14-. The van der Waals surface area contributed by atoms with Crippen LogP contribution in [0, 0.1) is 0 Å². The highest BCUT2D eigenvalue weighted by Gasteiger charge is 2.13. The minimum atomic E-state index is -0.868. The van der Waals surface area contributed by atoms with Crippen LogP contribution in [0.15, 0.2) is 46.1 Å². The number of nitrogens with zero attached hydrogens (tertiary/aromatic N) is 1. The van der Waals surface area contributed by atoms with Crippen molar-refractivity contribution in [3.05, 3.63) is 58.0 Å². The number of carbonyl (C=O) groups excluding carboxylic acids is 2. The molecule has 1 aromatic carbocycles. The van der Waals surface area contributed by atoms with E-state index in [4.69, 9.17) is 27.6 Å². The Morgan fingerprint density at radius 2 is 1.96 bits per heavy atom. The van der Waals surface area contributed by atoms with E-state index < -0.39 is 11.8 Å². The van der Waals surface area contributed by atoms with E-state index in [0.29, 0.717) is 33.5 Å². The van der Waals surface area contributed by atoms with Crippen molar-refractivity contribution >= 4 is 40.7 Å². The van der Waals surface area contributed by atoms with Gasteiger partial charge in [-0.2, -0.15) is 5.10 Å². The largest absolute Gasteiger partial charge is 0.467 e. The Balaban J connectivity index is 1.97. The zero-order chi connectivity index (χ0) is 17.5. The summed E-state index contributed by atoms with van der Waals surface area (Å²) in [5, 5.41) is 7.23. The molecule has 126 valence electrons. The van der Waals surface area contributed by atoms with E-state index in [2.05, 4.69) is 15.8 Å². The van der Waals surface area contributed by atoms with Crippen LogP contribution in [0.25, 0.3) is 0 Å². The van der Waals surface area contributed by atoms with Crippen LogP contribution in [0.3, 0.4) is 0 Å². The maximum absolute atomic E-state index is 11.8. The van der Waals surface area contributed by atoms with Gasteiger partial charge >= 0.3 is 11.8 Å². The molecule has 0 spiro atoms. The van der Waals surface area contributed by atoms with Crippen molar-refractivity contribution in [2.45, 2.75) is 19.9 Å². The lowest BCUT2D eigenvalue weighted by molar-refractivity contribution is -0.139. The van der Waals surface area contributed by atoms with Gasteiger partial charge in [0.1, 0.15) is 5.76 Å². The first-order chi connectivity index (χ1) is 11.5. The number of amides is 2. The third kappa shape index (κ3) is 4.84. The monoisotopic (exact) mass is 367 g/mol. The molecule has 0 radical (unpaired) electrons. The highest BCUT2D eigenvalue weighted by atomic mass is 35.5. The molecule has 24 heavy (non-hydrogen) atoms. The maximum Gasteiger partial charge on any atom is 0.329 e. The number of furan rings is 1. The Morgan fingerprint density at radius 1 is 1.17 bits per heavy atom. The molecule has 8 heteroatoms. The van der Waals surface area contributed by atoms with Crippen LogP contribution < -0.4 is 10.7 Å². The lowest BCUT2D eigenvalue weighted by atomic mass is 10.1. The number of hydrogen-bond acceptors (Lipinski definition) is 4. The Bertz CT molecular complexity index is 758. The number of rotatable bonds is 5. The molecule has 0 atom stereocenters. The van der Waals surface area contributed by atoms with E-state index in [1.807, 2.05) is 6.92 Å². The van der Waals surface area contributed by atoms with Gasteiger partial charge in [-0.05, 0) is 36.2 Å². The van der Waals surface area contributed by atoms with Crippen LogP contribution in [0.4, 0.5) is 0 Å². The molecule has 0 aliphatic carbocycles. The van der Waals surface area contributed by atoms with Gasteiger partial charge in [0.2, 0.25) is 0 Å². The van der Waals surface area contributed by atoms with Crippen LogP contribution in [0.5, 0.6) is 0 Å². The van der Waals surface area contributed by atoms with Gasteiger partial charge in [0.05, 0.1) is 28.6 Å². The first-order valence-corrected chi connectivity index (χ1v) is 7.89. The number of hydrazone groups is 1. The topological polar surface area (TPSA) is 83.7 Å². The van der Waals surface area contributed by atoms with Gasteiger partial charge in [0, 0.05) is 0 Å². The second-order valence-electron chi connectivity index (χ2n) is 4.74. The second kappa shape index (κ2) is 8.52. The smallest absolute Gasteiger partial charge is 0.329 e. The van der Waals surface area contributed by atoms with Gasteiger partial charge in [-0.15, -0.1) is 0 Å². The third-order valence-electron chi connectivity index (χ3n) is 3.09. The Morgan fingerprint density at radius 3 is 2.58 bits per heavy atom. The van der Waals surface area contributed by atoms with Crippen molar-refractivity contribution in [2.75, 3.05) is 0 Å². The number of carbonyl (C=O) groups is 2. The highest BCUT2D eigenvalue weighted by Crippen LogP contribution is 2.23. The van der Waals surface area contributed by atoms with Gasteiger partial charge in [-0.3, -0.25) is 9.59 Å². The number of halogens is 2. The number of benzene rings is 1. The molecule has 2 aromatic rings. The van der Waals surface area contributed by atoms with Crippen LogP contribution >= 0.6 is 23.2 Å². The summed E-state index contributed by atoms with van der Waals surface area (Å²) in [5.74, 6) is -1.13. The van der Waals surface area contributed by atoms with Crippen molar-refractivity contribution in [1.29, 1.82) is 0 Å². The molecule has 2 amide bonds. The zero-order valence-electron chi connectivity index (χ0n) is 12.8. The van der Waals surface area contributed by atoms with Gasteiger partial charge in [-0.25, -0.2) is 5.43 Å². The lowest BCUT2D eigenvalue weighted by Gasteiger charge is -2.07. The average molecular weight is 368 g/mol. The molecule has 0 aliphatic rings. The Hall–Kier alpha value is -2.31. The predicted molar refractivity (Wildman–Crippen MR) is 92.0 cm³/mol. The number of nitrogens with one attached hydrogen (secondary N) is 2. The van der Waals surface area contributed by atoms with E-state index in [1.165, 1.54) is 6.26 Å². The Kier molecular flexibility index (Phi) is 6.40. The molecule has 0 unspecified atom stereocenters. The van der Waals surface area contributed by atoms with Crippen molar-refractivity contribution < 1.29 is 14.0 Å². The molecule has 2 rings (SSSR count). The van der Waals surface area contributed by atoms with Crippen LogP contribution in [-0.4, -0.2) is 17.5 Å². The summed E-state index contributed by atoms with van der Waals surface area (Å²) in [6, 6.07) is 8.41. The van der Waals surface area contributed by atoms with Crippen molar-refractivity contribution in [3.8, 4) is 0 Å². The fourth-order valence-electron chi connectivity index (χ4n) is 1.85. The molecule has 1 heterocycles. The minimum absolute atomic E-state index is 0.121. The summed E-state index contributed by atoms with van der Waals surface area (Å²) in [5.41, 5.74) is 3.51. The van der Waals surface area contributed by atoms with E-state index in [9.17, 15) is 9.59 Å². The van der Waals surface area contributed by atoms with Gasteiger partial charge in [0.15, 0.2) is 0 Å². The van der Waals surface area contributed by atoms with Gasteiger partial charge in [-0.1, -0.05) is 36.2 Å². The summed E-state index contributed by atoms with van der Waals surface area (Å²) >= 11 is 11.8. The summed E-state index contributed by atoms with van der Waals surface area (Å²) in [7, 11) is 0. The predicted octanol–water partition coefficient (Wildman–Crippen LogP) is 3.13. The maximum atomic E-state index is 11.8. The summed E-state index contributed by atoms with van der Waals surface area (Å²) < 4.78 is 5.06. The average Bonchev–Trinajstić information content (AvgIpc) is 3.09. The van der Waals surface area contributed by atoms with Crippen LogP contribution in [0.2, 0.25) is 10.0 Å². The second-order valence-corrected chi connectivity index (χ2v) is 5.56. The fraction of sp³-hybridized carbons (Fsp3) is 0.188. The van der Waals surface area contributed by atoms with Crippen molar-refractivity contribution in [3.63, 3.8) is 0 Å². The van der Waals surface area contributed by atoms with Gasteiger partial charge < -0.3 is 9.73 Å². The van der Waals surface area contributed by atoms with Gasteiger partial charge in [0.25, 0.3) is 0 Å². The molecule has 2 N–H and O–H groups in total. The molecule has 0 bridgehead atoms.